The molecule has 4 bridgehead atoms. The Labute approximate surface area is 190 Å². The zero-order valence-corrected chi connectivity index (χ0v) is 18.9. The molecule has 6 nitrogen and oxygen atoms in total. The van der Waals surface area contributed by atoms with Gasteiger partial charge in [-0.3, -0.25) is 14.4 Å². The molecule has 5 aliphatic rings. The lowest BCUT2D eigenvalue weighted by molar-refractivity contribution is -0.140. The van der Waals surface area contributed by atoms with Gasteiger partial charge in [0.25, 0.3) is 5.91 Å². The van der Waals surface area contributed by atoms with Crippen LogP contribution in [0, 0.1) is 23.2 Å². The molecule has 1 aliphatic heterocycles. The first-order chi connectivity index (χ1) is 15.5. The lowest BCUT2D eigenvalue weighted by atomic mass is 9.49. The van der Waals surface area contributed by atoms with Gasteiger partial charge in [0.2, 0.25) is 11.8 Å². The summed E-state index contributed by atoms with van der Waals surface area (Å²) in [5, 5.41) is 5.69. The molecule has 0 atom stereocenters. The molecule has 0 unspecified atom stereocenters. The number of nitrogens with zero attached hydrogens (tertiary/aromatic N) is 1. The minimum absolute atomic E-state index is 0.0289. The van der Waals surface area contributed by atoms with Crippen molar-refractivity contribution in [3.63, 3.8) is 0 Å². The Morgan fingerprint density at radius 1 is 0.906 bits per heavy atom. The van der Waals surface area contributed by atoms with E-state index in [2.05, 4.69) is 10.6 Å². The fourth-order valence-electron chi connectivity index (χ4n) is 7.34. The molecule has 6 heteroatoms. The van der Waals surface area contributed by atoms with Gasteiger partial charge in [0.05, 0.1) is 6.54 Å². The third kappa shape index (κ3) is 4.69. The predicted molar refractivity (Wildman–Crippen MR) is 122 cm³/mol. The fourth-order valence-corrected chi connectivity index (χ4v) is 7.34. The van der Waals surface area contributed by atoms with E-state index in [0.29, 0.717) is 24.6 Å². The zero-order chi connectivity index (χ0) is 22.1. The summed E-state index contributed by atoms with van der Waals surface area (Å²) < 4.78 is 0. The maximum Gasteiger partial charge on any atom is 0.251 e. The molecule has 1 heterocycles. The summed E-state index contributed by atoms with van der Waals surface area (Å²) in [5.41, 5.74) is 0.833. The molecule has 6 rings (SSSR count). The van der Waals surface area contributed by atoms with Crippen LogP contribution in [-0.4, -0.2) is 48.3 Å². The quantitative estimate of drug-likeness (QED) is 0.718. The summed E-state index contributed by atoms with van der Waals surface area (Å²) in [4.78, 5) is 39.5. The van der Waals surface area contributed by atoms with Crippen LogP contribution in [0.4, 0.5) is 0 Å². The average molecular weight is 438 g/mol. The summed E-state index contributed by atoms with van der Waals surface area (Å²) in [7, 11) is 0. The number of piperidine rings is 1. The molecule has 0 radical (unpaired) electrons. The number of carbonyl (C=O) groups excluding carboxylic acids is 3. The predicted octanol–water partition coefficient (Wildman–Crippen LogP) is 3.13. The van der Waals surface area contributed by atoms with Crippen molar-refractivity contribution in [2.75, 3.05) is 19.6 Å². The standard InChI is InChI=1S/C26H35N3O3/c30-23(17-27-25(32)21-4-2-1-3-5-21)28-22-6-8-29(9-7-22)24(31)16-26-13-18-10-19(14-26)12-20(11-18)15-26/h1-5,18-20,22H,6-17H2,(H,27,32)(H,28,30). The molecule has 32 heavy (non-hydrogen) atoms. The maximum atomic E-state index is 13.1. The van der Waals surface area contributed by atoms with Crippen LogP contribution in [-0.2, 0) is 9.59 Å². The monoisotopic (exact) mass is 437 g/mol. The number of nitrogens with one attached hydrogen (secondary N) is 2. The summed E-state index contributed by atoms with van der Waals surface area (Å²) in [6.45, 7) is 1.40. The van der Waals surface area contributed by atoms with E-state index in [1.54, 1.807) is 24.3 Å². The smallest absolute Gasteiger partial charge is 0.251 e. The van der Waals surface area contributed by atoms with Crippen LogP contribution >= 0.6 is 0 Å². The Hall–Kier alpha value is -2.37. The van der Waals surface area contributed by atoms with Crippen molar-refractivity contribution in [3.05, 3.63) is 35.9 Å². The van der Waals surface area contributed by atoms with Gasteiger partial charge >= 0.3 is 0 Å². The second kappa shape index (κ2) is 8.87. The highest BCUT2D eigenvalue weighted by molar-refractivity contribution is 5.96. The summed E-state index contributed by atoms with van der Waals surface area (Å²) in [5.74, 6) is 2.53. The molecular weight excluding hydrogens is 402 g/mol. The van der Waals surface area contributed by atoms with Crippen molar-refractivity contribution in [1.82, 2.24) is 15.5 Å². The Bertz CT molecular complexity index is 825. The molecule has 4 aliphatic carbocycles. The van der Waals surface area contributed by atoms with Crippen LogP contribution in [0.2, 0.25) is 0 Å². The van der Waals surface area contributed by atoms with Crippen molar-refractivity contribution >= 4 is 17.7 Å². The van der Waals surface area contributed by atoms with Crippen molar-refractivity contribution in [2.45, 2.75) is 63.8 Å². The molecule has 172 valence electrons. The number of hydrogen-bond acceptors (Lipinski definition) is 3. The van der Waals surface area contributed by atoms with Crippen molar-refractivity contribution < 1.29 is 14.4 Å². The average Bonchev–Trinajstić information content (AvgIpc) is 2.77. The van der Waals surface area contributed by atoms with Crippen LogP contribution in [0.1, 0.15) is 68.1 Å². The van der Waals surface area contributed by atoms with Gasteiger partial charge in [0.1, 0.15) is 0 Å². The SMILES string of the molecule is O=C(CNC(=O)c1ccccc1)NC1CCN(C(=O)CC23CC4CC(CC(C4)C2)C3)CC1. The van der Waals surface area contributed by atoms with Crippen LogP contribution in [0.15, 0.2) is 30.3 Å². The van der Waals surface area contributed by atoms with Gasteiger partial charge < -0.3 is 15.5 Å². The van der Waals surface area contributed by atoms with E-state index in [1.807, 2.05) is 11.0 Å². The molecular formula is C26H35N3O3. The van der Waals surface area contributed by atoms with Crippen LogP contribution in [0.25, 0.3) is 0 Å². The zero-order valence-electron chi connectivity index (χ0n) is 18.9. The van der Waals surface area contributed by atoms with E-state index < -0.39 is 0 Å². The third-order valence-corrected chi connectivity index (χ3v) is 8.35. The van der Waals surface area contributed by atoms with Crippen LogP contribution < -0.4 is 10.6 Å². The van der Waals surface area contributed by atoms with E-state index in [4.69, 9.17) is 0 Å². The first-order valence-corrected chi connectivity index (χ1v) is 12.4. The largest absolute Gasteiger partial charge is 0.352 e. The molecule has 0 spiro atoms. The fraction of sp³-hybridized carbons (Fsp3) is 0.654. The number of likely N-dealkylation sites (tertiary alicyclic amines) is 1. The highest BCUT2D eigenvalue weighted by Gasteiger charge is 2.51. The number of benzene rings is 1. The number of carbonyl (C=O) groups is 3. The van der Waals surface area contributed by atoms with Gasteiger partial charge in [-0.2, -0.15) is 0 Å². The van der Waals surface area contributed by atoms with Gasteiger partial charge in [0, 0.05) is 31.1 Å². The minimum atomic E-state index is -0.245. The number of rotatable bonds is 6. The molecule has 0 aromatic heterocycles. The van der Waals surface area contributed by atoms with Crippen molar-refractivity contribution in [2.24, 2.45) is 23.2 Å². The topological polar surface area (TPSA) is 78.5 Å². The highest BCUT2D eigenvalue weighted by Crippen LogP contribution is 2.61. The number of hydrogen-bond donors (Lipinski definition) is 2. The molecule has 1 aromatic rings. The van der Waals surface area contributed by atoms with Gasteiger partial charge in [-0.1, -0.05) is 18.2 Å². The van der Waals surface area contributed by atoms with Gasteiger partial charge in [0.15, 0.2) is 0 Å². The van der Waals surface area contributed by atoms with E-state index in [0.717, 1.165) is 37.0 Å². The molecule has 2 N–H and O–H groups in total. The Morgan fingerprint density at radius 2 is 1.50 bits per heavy atom. The van der Waals surface area contributed by atoms with Gasteiger partial charge in [-0.15, -0.1) is 0 Å². The summed E-state index contributed by atoms with van der Waals surface area (Å²) in [6.07, 6.45) is 10.3. The van der Waals surface area contributed by atoms with Gasteiger partial charge in [-0.25, -0.2) is 0 Å². The second-order valence-corrected chi connectivity index (χ2v) is 10.9. The van der Waals surface area contributed by atoms with E-state index in [1.165, 1.54) is 38.5 Å². The normalized spacial score (nSPS) is 31.4. The van der Waals surface area contributed by atoms with Crippen molar-refractivity contribution in [1.29, 1.82) is 0 Å². The Balaban J connectivity index is 1.04. The van der Waals surface area contributed by atoms with E-state index in [9.17, 15) is 14.4 Å². The minimum Gasteiger partial charge on any atom is -0.352 e. The highest BCUT2D eigenvalue weighted by atomic mass is 16.2. The Kier molecular flexibility index (Phi) is 5.95. The van der Waals surface area contributed by atoms with Gasteiger partial charge in [-0.05, 0) is 86.7 Å². The third-order valence-electron chi connectivity index (χ3n) is 8.35. The Morgan fingerprint density at radius 3 is 2.09 bits per heavy atom. The molecule has 5 fully saturated rings. The first-order valence-electron chi connectivity index (χ1n) is 12.4. The number of amides is 3. The first kappa shape index (κ1) is 21.5. The van der Waals surface area contributed by atoms with E-state index in [-0.39, 0.29) is 29.8 Å². The van der Waals surface area contributed by atoms with Crippen LogP contribution in [0.3, 0.4) is 0 Å². The van der Waals surface area contributed by atoms with Crippen molar-refractivity contribution in [3.8, 4) is 0 Å². The van der Waals surface area contributed by atoms with Crippen LogP contribution in [0.5, 0.6) is 0 Å². The second-order valence-electron chi connectivity index (χ2n) is 10.9. The van der Waals surface area contributed by atoms with E-state index >= 15 is 0 Å². The molecule has 3 amide bonds. The summed E-state index contributed by atoms with van der Waals surface area (Å²) >= 11 is 0. The molecule has 4 saturated carbocycles. The summed E-state index contributed by atoms with van der Waals surface area (Å²) in [6, 6.07) is 8.97. The molecule has 1 aromatic carbocycles. The lowest BCUT2D eigenvalue weighted by Gasteiger charge is -2.57. The molecule has 1 saturated heterocycles. The maximum absolute atomic E-state index is 13.1. The lowest BCUT2D eigenvalue weighted by Crippen LogP contribution is -2.51.